The van der Waals surface area contributed by atoms with Crippen molar-refractivity contribution in [1.82, 2.24) is 5.32 Å². The molecule has 0 radical (unpaired) electrons. The molecule has 2 amide bonds. The lowest BCUT2D eigenvalue weighted by Gasteiger charge is -2.29. The highest BCUT2D eigenvalue weighted by atomic mass is 31.2. The number of nitrogens with zero attached hydrogens (tertiary/aromatic N) is 2. The van der Waals surface area contributed by atoms with Crippen LogP contribution in [0.5, 0.6) is 0 Å². The van der Waals surface area contributed by atoms with Crippen molar-refractivity contribution in [2.45, 2.75) is 20.8 Å². The highest BCUT2D eigenvalue weighted by Crippen LogP contribution is 2.50. The first kappa shape index (κ1) is 18.4. The van der Waals surface area contributed by atoms with Crippen LogP contribution in [0.4, 0.5) is 16.2 Å². The first-order valence-corrected chi connectivity index (χ1v) is 9.29. The maximum absolute atomic E-state index is 12.5. The standard InChI is InChI=1S/C15H22N3O5P/c1-4-16-15(19)18-11-14(17-12-9-7-8-10-13(12)18)23-24(20,21-5-2)22-6-3/h7-10H,4-6,11H2,1-3H3,(H,16,19). The zero-order chi connectivity index (χ0) is 17.6. The molecule has 0 fully saturated rings. The minimum absolute atomic E-state index is 0.0347. The molecule has 1 aliphatic rings. The molecule has 2 rings (SSSR count). The van der Waals surface area contributed by atoms with Gasteiger partial charge in [0.05, 0.1) is 24.6 Å². The number of fused-ring (bicyclic) bond motifs is 1. The highest BCUT2D eigenvalue weighted by molar-refractivity contribution is 7.49. The SMILES string of the molecule is CCNC(=O)N1CC(OP(=O)(OCC)OCC)=Nc2ccccc21. The first-order valence-electron chi connectivity index (χ1n) is 7.83. The molecule has 1 aliphatic heterocycles. The second-order valence-corrected chi connectivity index (χ2v) is 6.38. The minimum atomic E-state index is -3.76. The maximum atomic E-state index is 12.5. The van der Waals surface area contributed by atoms with Crippen LogP contribution in [0.25, 0.3) is 0 Å². The first-order chi connectivity index (χ1) is 11.5. The Morgan fingerprint density at radius 1 is 1.25 bits per heavy atom. The Hall–Kier alpha value is -1.89. The second kappa shape index (κ2) is 8.28. The van der Waals surface area contributed by atoms with Gasteiger partial charge in [-0.25, -0.2) is 14.4 Å². The molecule has 132 valence electrons. The number of aliphatic imine (C=N–C) groups is 1. The summed E-state index contributed by atoms with van der Waals surface area (Å²) in [5, 5.41) is 2.73. The summed E-state index contributed by atoms with van der Waals surface area (Å²) in [6.45, 7) is 6.07. The number of carbonyl (C=O) groups excluding carboxylic acids is 1. The van der Waals surface area contributed by atoms with E-state index in [0.29, 0.717) is 17.9 Å². The summed E-state index contributed by atoms with van der Waals surface area (Å²) in [7, 11) is -3.76. The summed E-state index contributed by atoms with van der Waals surface area (Å²) < 4.78 is 28.2. The molecule has 0 spiro atoms. The third kappa shape index (κ3) is 4.35. The monoisotopic (exact) mass is 355 g/mol. The average molecular weight is 355 g/mol. The number of carbonyl (C=O) groups is 1. The van der Waals surface area contributed by atoms with Gasteiger partial charge in [0, 0.05) is 6.54 Å². The lowest BCUT2D eigenvalue weighted by Crippen LogP contribution is -2.44. The molecule has 1 heterocycles. The van der Waals surface area contributed by atoms with Crippen molar-refractivity contribution in [2.24, 2.45) is 4.99 Å². The molecule has 1 aromatic rings. The van der Waals surface area contributed by atoms with Crippen molar-refractivity contribution in [3.05, 3.63) is 24.3 Å². The molecule has 1 aromatic carbocycles. The number of urea groups is 1. The zero-order valence-electron chi connectivity index (χ0n) is 14.0. The van der Waals surface area contributed by atoms with E-state index < -0.39 is 7.82 Å². The zero-order valence-corrected chi connectivity index (χ0v) is 14.9. The lowest BCUT2D eigenvalue weighted by molar-refractivity contribution is 0.163. The topological polar surface area (TPSA) is 89.5 Å². The molecule has 0 saturated heterocycles. The van der Waals surface area contributed by atoms with E-state index in [2.05, 4.69) is 10.3 Å². The molecule has 0 atom stereocenters. The van der Waals surface area contributed by atoms with E-state index in [4.69, 9.17) is 13.6 Å². The number of anilines is 1. The average Bonchev–Trinajstić information content (AvgIpc) is 2.54. The van der Waals surface area contributed by atoms with Gasteiger partial charge >= 0.3 is 13.9 Å². The fraction of sp³-hybridized carbons (Fsp3) is 0.467. The van der Waals surface area contributed by atoms with E-state index in [1.165, 1.54) is 4.90 Å². The van der Waals surface area contributed by atoms with Gasteiger partial charge in [-0.2, -0.15) is 0 Å². The third-order valence-electron chi connectivity index (χ3n) is 3.08. The van der Waals surface area contributed by atoms with Crippen molar-refractivity contribution < 1.29 is 22.9 Å². The molecule has 0 aliphatic carbocycles. The number of phosphoric acid groups is 1. The van der Waals surface area contributed by atoms with Gasteiger partial charge in [0.25, 0.3) is 0 Å². The van der Waals surface area contributed by atoms with E-state index in [9.17, 15) is 9.36 Å². The summed E-state index contributed by atoms with van der Waals surface area (Å²) in [5.74, 6) is 0.102. The molecule has 9 heteroatoms. The van der Waals surface area contributed by atoms with Gasteiger partial charge in [-0.1, -0.05) is 12.1 Å². The van der Waals surface area contributed by atoms with Crippen molar-refractivity contribution >= 4 is 31.1 Å². The van der Waals surface area contributed by atoms with Crippen LogP contribution >= 0.6 is 7.82 Å². The smallest absolute Gasteiger partial charge is 0.388 e. The number of phosphoric ester groups is 1. The summed E-state index contributed by atoms with van der Waals surface area (Å²) in [5.41, 5.74) is 1.20. The molecular formula is C15H22N3O5P. The van der Waals surface area contributed by atoms with Gasteiger partial charge in [-0.05, 0) is 32.9 Å². The second-order valence-electron chi connectivity index (χ2n) is 4.79. The summed E-state index contributed by atoms with van der Waals surface area (Å²) >= 11 is 0. The maximum Gasteiger partial charge on any atom is 0.531 e. The molecule has 0 saturated carbocycles. The van der Waals surface area contributed by atoms with Crippen LogP contribution in [0.1, 0.15) is 20.8 Å². The Morgan fingerprint density at radius 2 is 1.92 bits per heavy atom. The summed E-state index contributed by atoms with van der Waals surface area (Å²) in [4.78, 5) is 18.1. The number of amides is 2. The molecule has 0 bridgehead atoms. The predicted octanol–water partition coefficient (Wildman–Crippen LogP) is 3.46. The van der Waals surface area contributed by atoms with Crippen molar-refractivity contribution in [1.29, 1.82) is 0 Å². The van der Waals surface area contributed by atoms with Crippen LogP contribution < -0.4 is 10.2 Å². The van der Waals surface area contributed by atoms with Gasteiger partial charge in [0.2, 0.25) is 5.90 Å². The number of benzene rings is 1. The fourth-order valence-corrected chi connectivity index (χ4v) is 3.36. The summed E-state index contributed by atoms with van der Waals surface area (Å²) in [6.07, 6.45) is 0. The van der Waals surface area contributed by atoms with Crippen LogP contribution in [-0.4, -0.2) is 38.2 Å². The Labute approximate surface area is 141 Å². The lowest BCUT2D eigenvalue weighted by atomic mass is 10.2. The Bertz CT molecular complexity index is 654. The summed E-state index contributed by atoms with van der Waals surface area (Å²) in [6, 6.07) is 6.86. The van der Waals surface area contributed by atoms with Gasteiger partial charge < -0.3 is 9.84 Å². The Kier molecular flexibility index (Phi) is 6.36. The number of rotatable bonds is 6. The molecule has 1 N–H and O–H groups in total. The van der Waals surface area contributed by atoms with E-state index >= 15 is 0 Å². The van der Waals surface area contributed by atoms with Gasteiger partial charge in [-0.15, -0.1) is 0 Å². The van der Waals surface area contributed by atoms with Gasteiger partial charge in [0.15, 0.2) is 0 Å². The van der Waals surface area contributed by atoms with Crippen LogP contribution in [0.15, 0.2) is 29.3 Å². The quantitative estimate of drug-likeness (QED) is 0.789. The van der Waals surface area contributed by atoms with Crippen LogP contribution in [0, 0.1) is 0 Å². The predicted molar refractivity (Wildman–Crippen MR) is 91.9 cm³/mol. The highest BCUT2D eigenvalue weighted by Gasteiger charge is 2.33. The van der Waals surface area contributed by atoms with Crippen molar-refractivity contribution in [3.63, 3.8) is 0 Å². The van der Waals surface area contributed by atoms with Crippen LogP contribution in [0.3, 0.4) is 0 Å². The fourth-order valence-electron chi connectivity index (χ4n) is 2.19. The van der Waals surface area contributed by atoms with Crippen LogP contribution in [0.2, 0.25) is 0 Å². The number of nitrogens with one attached hydrogen (secondary N) is 1. The van der Waals surface area contributed by atoms with Gasteiger partial charge in [-0.3, -0.25) is 13.9 Å². The van der Waals surface area contributed by atoms with E-state index in [0.717, 1.165) is 0 Å². The molecular weight excluding hydrogens is 333 g/mol. The molecule has 0 unspecified atom stereocenters. The van der Waals surface area contributed by atoms with E-state index in [1.807, 2.05) is 13.0 Å². The third-order valence-corrected chi connectivity index (χ3v) is 4.66. The normalized spacial score (nSPS) is 14.0. The minimum Gasteiger partial charge on any atom is -0.388 e. The van der Waals surface area contributed by atoms with Gasteiger partial charge in [0.1, 0.15) is 6.54 Å². The van der Waals surface area contributed by atoms with Crippen LogP contribution in [-0.2, 0) is 18.1 Å². The Balaban J connectivity index is 2.30. The number of hydrogen-bond acceptors (Lipinski definition) is 6. The van der Waals surface area contributed by atoms with E-state index in [-0.39, 0.29) is 31.7 Å². The van der Waals surface area contributed by atoms with E-state index in [1.54, 1.807) is 32.0 Å². The number of hydrogen-bond donors (Lipinski definition) is 1. The number of para-hydroxylation sites is 2. The molecule has 8 nitrogen and oxygen atoms in total. The largest absolute Gasteiger partial charge is 0.531 e. The van der Waals surface area contributed by atoms with Crippen molar-refractivity contribution in [3.8, 4) is 0 Å². The van der Waals surface area contributed by atoms with Crippen molar-refractivity contribution in [2.75, 3.05) is 31.2 Å². The molecule has 0 aromatic heterocycles. The molecule has 24 heavy (non-hydrogen) atoms. The Morgan fingerprint density at radius 3 is 2.54 bits per heavy atom.